The molecule has 0 atom stereocenters. The average molecular weight is 383 g/mol. The molecule has 0 radical (unpaired) electrons. The van der Waals surface area contributed by atoms with Crippen molar-refractivity contribution in [3.05, 3.63) is 81.7 Å². The molecule has 0 bridgehead atoms. The first-order valence-corrected chi connectivity index (χ1v) is 9.38. The van der Waals surface area contributed by atoms with Gasteiger partial charge in [-0.15, -0.1) is 11.3 Å². The summed E-state index contributed by atoms with van der Waals surface area (Å²) in [5.41, 5.74) is 2.63. The predicted molar refractivity (Wildman–Crippen MR) is 106 cm³/mol. The number of aromatic nitrogens is 2. The molecule has 2 heterocycles. The summed E-state index contributed by atoms with van der Waals surface area (Å²) >= 11 is 7.37. The van der Waals surface area contributed by atoms with E-state index in [9.17, 15) is 4.79 Å². The highest BCUT2D eigenvalue weighted by Crippen LogP contribution is 2.31. The molecular formula is C20H15ClN2O2S. The van der Waals surface area contributed by atoms with Gasteiger partial charge in [0, 0.05) is 16.0 Å². The van der Waals surface area contributed by atoms with Crippen LogP contribution in [-0.4, -0.2) is 16.2 Å². The van der Waals surface area contributed by atoms with Crippen molar-refractivity contribution < 1.29 is 4.74 Å². The Bertz CT molecular complexity index is 1090. The second kappa shape index (κ2) is 7.32. The van der Waals surface area contributed by atoms with Crippen LogP contribution in [0.5, 0.6) is 5.75 Å². The summed E-state index contributed by atoms with van der Waals surface area (Å²) in [6.45, 7) is 0.859. The number of halogens is 1. The summed E-state index contributed by atoms with van der Waals surface area (Å²) in [4.78, 5) is 17.2. The van der Waals surface area contributed by atoms with Gasteiger partial charge in [-0.05, 0) is 29.8 Å². The fourth-order valence-corrected chi connectivity index (χ4v) is 3.82. The topological polar surface area (TPSA) is 44.1 Å². The Morgan fingerprint density at radius 2 is 1.85 bits per heavy atom. The molecule has 0 N–H and O–H groups in total. The standard InChI is InChI=1S/C20H15ClN2O2S/c21-15-8-6-14(7-9-15)17-12-26-19-18(17)22-13-23(20(19)24)10-11-25-16-4-2-1-3-5-16/h1-9,12-13H,10-11H2. The van der Waals surface area contributed by atoms with Crippen molar-refractivity contribution in [3.63, 3.8) is 0 Å². The number of para-hydroxylation sites is 1. The van der Waals surface area contributed by atoms with E-state index in [-0.39, 0.29) is 5.56 Å². The first-order chi connectivity index (χ1) is 12.7. The zero-order valence-corrected chi connectivity index (χ0v) is 15.3. The quantitative estimate of drug-likeness (QED) is 0.495. The lowest BCUT2D eigenvalue weighted by Crippen LogP contribution is -2.22. The molecule has 0 aliphatic rings. The molecule has 4 aromatic rings. The fourth-order valence-electron chi connectivity index (χ4n) is 2.71. The molecule has 0 unspecified atom stereocenters. The van der Waals surface area contributed by atoms with Crippen LogP contribution in [0.15, 0.2) is 71.1 Å². The highest BCUT2D eigenvalue weighted by Gasteiger charge is 2.12. The van der Waals surface area contributed by atoms with E-state index in [1.807, 2.05) is 60.0 Å². The smallest absolute Gasteiger partial charge is 0.271 e. The van der Waals surface area contributed by atoms with Crippen molar-refractivity contribution in [2.75, 3.05) is 6.61 Å². The second-order valence-electron chi connectivity index (χ2n) is 5.74. The third-order valence-electron chi connectivity index (χ3n) is 4.05. The van der Waals surface area contributed by atoms with Crippen LogP contribution in [0.2, 0.25) is 5.02 Å². The van der Waals surface area contributed by atoms with E-state index in [1.165, 1.54) is 11.3 Å². The van der Waals surface area contributed by atoms with E-state index in [4.69, 9.17) is 16.3 Å². The third kappa shape index (κ3) is 3.36. The van der Waals surface area contributed by atoms with Crippen LogP contribution in [0.4, 0.5) is 0 Å². The van der Waals surface area contributed by atoms with Crippen LogP contribution in [0.25, 0.3) is 21.3 Å². The Morgan fingerprint density at radius 3 is 2.62 bits per heavy atom. The van der Waals surface area contributed by atoms with Gasteiger partial charge in [-0.2, -0.15) is 0 Å². The van der Waals surface area contributed by atoms with Gasteiger partial charge in [0.15, 0.2) is 0 Å². The number of thiophene rings is 1. The molecule has 0 aliphatic carbocycles. The lowest BCUT2D eigenvalue weighted by atomic mass is 10.1. The molecule has 4 rings (SSSR count). The SMILES string of the molecule is O=c1c2scc(-c3ccc(Cl)cc3)c2ncn1CCOc1ccccc1. The van der Waals surface area contributed by atoms with Gasteiger partial charge in [-0.1, -0.05) is 41.9 Å². The summed E-state index contributed by atoms with van der Waals surface area (Å²) in [5.74, 6) is 0.788. The van der Waals surface area contributed by atoms with Crippen molar-refractivity contribution in [3.8, 4) is 16.9 Å². The average Bonchev–Trinajstić information content (AvgIpc) is 3.10. The summed E-state index contributed by atoms with van der Waals surface area (Å²) in [6.07, 6.45) is 1.59. The molecule has 0 fully saturated rings. The maximum Gasteiger partial charge on any atom is 0.271 e. The number of ether oxygens (including phenoxy) is 1. The maximum atomic E-state index is 12.7. The molecule has 0 spiro atoms. The molecule has 26 heavy (non-hydrogen) atoms. The van der Waals surface area contributed by atoms with E-state index in [2.05, 4.69) is 4.98 Å². The Kier molecular flexibility index (Phi) is 4.73. The normalized spacial score (nSPS) is 11.0. The van der Waals surface area contributed by atoms with Gasteiger partial charge in [-0.3, -0.25) is 9.36 Å². The number of hydrogen-bond donors (Lipinski definition) is 0. The zero-order chi connectivity index (χ0) is 17.9. The molecule has 2 aromatic carbocycles. The first kappa shape index (κ1) is 16.8. The Labute approximate surface area is 159 Å². The van der Waals surface area contributed by atoms with E-state index >= 15 is 0 Å². The minimum atomic E-state index is -0.0446. The number of fused-ring (bicyclic) bond motifs is 1. The van der Waals surface area contributed by atoms with E-state index in [1.54, 1.807) is 10.9 Å². The monoisotopic (exact) mass is 382 g/mol. The molecule has 0 saturated heterocycles. The van der Waals surface area contributed by atoms with Gasteiger partial charge >= 0.3 is 0 Å². The molecular weight excluding hydrogens is 368 g/mol. The van der Waals surface area contributed by atoms with Crippen LogP contribution in [0, 0.1) is 0 Å². The van der Waals surface area contributed by atoms with Crippen LogP contribution in [0.3, 0.4) is 0 Å². The highest BCUT2D eigenvalue weighted by molar-refractivity contribution is 7.17. The van der Waals surface area contributed by atoms with Gasteiger partial charge in [0.1, 0.15) is 17.1 Å². The molecule has 130 valence electrons. The molecule has 6 heteroatoms. The fraction of sp³-hybridized carbons (Fsp3) is 0.100. The summed E-state index contributed by atoms with van der Waals surface area (Å²) < 4.78 is 7.91. The number of rotatable bonds is 5. The van der Waals surface area contributed by atoms with Gasteiger partial charge in [0.2, 0.25) is 0 Å². The number of hydrogen-bond acceptors (Lipinski definition) is 4. The van der Waals surface area contributed by atoms with Crippen LogP contribution in [0.1, 0.15) is 0 Å². The lowest BCUT2D eigenvalue weighted by Gasteiger charge is -2.08. The molecule has 0 saturated carbocycles. The van der Waals surface area contributed by atoms with Crippen molar-refractivity contribution in [2.45, 2.75) is 6.54 Å². The largest absolute Gasteiger partial charge is 0.492 e. The summed E-state index contributed by atoms with van der Waals surface area (Å²) in [5, 5.41) is 2.65. The highest BCUT2D eigenvalue weighted by atomic mass is 35.5. The van der Waals surface area contributed by atoms with Crippen LogP contribution in [-0.2, 0) is 6.54 Å². The van der Waals surface area contributed by atoms with Crippen molar-refractivity contribution in [1.29, 1.82) is 0 Å². The van der Waals surface area contributed by atoms with E-state index in [0.717, 1.165) is 22.4 Å². The summed E-state index contributed by atoms with van der Waals surface area (Å²) in [6, 6.07) is 17.1. The number of nitrogens with zero attached hydrogens (tertiary/aromatic N) is 2. The molecule has 4 nitrogen and oxygen atoms in total. The van der Waals surface area contributed by atoms with Crippen LogP contribution < -0.4 is 10.3 Å². The lowest BCUT2D eigenvalue weighted by molar-refractivity contribution is 0.296. The van der Waals surface area contributed by atoms with E-state index in [0.29, 0.717) is 22.9 Å². The van der Waals surface area contributed by atoms with Gasteiger partial charge in [0.25, 0.3) is 5.56 Å². The van der Waals surface area contributed by atoms with Crippen molar-refractivity contribution in [1.82, 2.24) is 9.55 Å². The van der Waals surface area contributed by atoms with Crippen LogP contribution >= 0.6 is 22.9 Å². The van der Waals surface area contributed by atoms with Gasteiger partial charge in [0.05, 0.1) is 18.4 Å². The first-order valence-electron chi connectivity index (χ1n) is 8.13. The minimum absolute atomic E-state index is 0.0446. The Morgan fingerprint density at radius 1 is 1.08 bits per heavy atom. The number of benzene rings is 2. The molecule has 0 aliphatic heterocycles. The molecule has 2 aromatic heterocycles. The second-order valence-corrected chi connectivity index (χ2v) is 7.05. The summed E-state index contributed by atoms with van der Waals surface area (Å²) in [7, 11) is 0. The molecule has 0 amide bonds. The van der Waals surface area contributed by atoms with Gasteiger partial charge < -0.3 is 4.74 Å². The minimum Gasteiger partial charge on any atom is -0.492 e. The predicted octanol–water partition coefficient (Wildman–Crippen LogP) is 4.86. The zero-order valence-electron chi connectivity index (χ0n) is 13.8. The van der Waals surface area contributed by atoms with Crippen molar-refractivity contribution in [2.24, 2.45) is 0 Å². The Balaban J connectivity index is 1.58. The van der Waals surface area contributed by atoms with Gasteiger partial charge in [-0.25, -0.2) is 4.98 Å². The van der Waals surface area contributed by atoms with Crippen molar-refractivity contribution >= 4 is 33.2 Å². The Hall–Kier alpha value is -2.63. The van der Waals surface area contributed by atoms with E-state index < -0.39 is 0 Å². The third-order valence-corrected chi connectivity index (χ3v) is 5.25. The maximum absolute atomic E-state index is 12.7.